The van der Waals surface area contributed by atoms with Gasteiger partial charge in [0.15, 0.2) is 11.6 Å². The van der Waals surface area contributed by atoms with Crippen LogP contribution in [0.25, 0.3) is 11.8 Å². The van der Waals surface area contributed by atoms with Crippen molar-refractivity contribution >= 4 is 78.6 Å². The van der Waals surface area contributed by atoms with E-state index in [2.05, 4.69) is 23.8 Å². The van der Waals surface area contributed by atoms with Crippen LogP contribution in [0.2, 0.25) is 0 Å². The summed E-state index contributed by atoms with van der Waals surface area (Å²) in [6, 6.07) is 4.90. The number of amides is 1. The highest BCUT2D eigenvalue weighted by Crippen LogP contribution is 2.37. The van der Waals surface area contributed by atoms with Gasteiger partial charge in [0.1, 0.15) is 48.8 Å². The number of carbonyl (C=O) groups is 3. The van der Waals surface area contributed by atoms with E-state index < -0.39 is 81.7 Å². The number of Topliss-reactive ketones (excluding diaryl/α,β-unsaturated/α-hetero) is 2. The maximum atomic E-state index is 13.4. The largest absolute Gasteiger partial charge is 0.858 e. The number of nitrogens with zero attached hydrogens (tertiary/aromatic N) is 4. The number of hydrogen-bond acceptors (Lipinski definition) is 19. The van der Waals surface area contributed by atoms with Gasteiger partial charge >= 0.3 is 0 Å². The third-order valence-electron chi connectivity index (χ3n) is 6.36. The van der Waals surface area contributed by atoms with E-state index in [-0.39, 0.29) is 32.3 Å². The highest BCUT2D eigenvalue weighted by Gasteiger charge is 2.34. The second kappa shape index (κ2) is 15.6. The lowest BCUT2D eigenvalue weighted by Gasteiger charge is -2.19. The molecule has 2 aromatic carbocycles. The van der Waals surface area contributed by atoms with Crippen LogP contribution in [-0.4, -0.2) is 67.7 Å². The molecule has 0 saturated carbocycles. The molecule has 0 aliphatic carbocycles. The summed E-state index contributed by atoms with van der Waals surface area (Å²) in [5.74, 6) is -3.86. The fourth-order valence-electron chi connectivity index (χ4n) is 4.29. The first-order valence-corrected chi connectivity index (χ1v) is 17.8. The SMILES string of the molecule is CC(=O)C1=NN(c2cc(OS(=O)[O-])ccc2SOO[O-])C(=O)\C1=C/C=C/C=C/c1c(C(C)=O)nn(-c2cc(S(=O)(=O)[O-])ccc2S(=O)(=O)[O-])c1[O-]. The predicted octanol–water partition coefficient (Wildman–Crippen LogP) is -0.152. The minimum atomic E-state index is -5.36. The smallest absolute Gasteiger partial charge is 0.281 e. The van der Waals surface area contributed by atoms with E-state index in [9.17, 15) is 59.5 Å². The Morgan fingerprint density at radius 1 is 0.961 bits per heavy atom. The van der Waals surface area contributed by atoms with Crippen LogP contribution in [0.1, 0.15) is 29.9 Å². The van der Waals surface area contributed by atoms with Gasteiger partial charge in [0.2, 0.25) is 0 Å². The molecule has 0 radical (unpaired) electrons. The van der Waals surface area contributed by atoms with Crippen LogP contribution >= 0.6 is 12.0 Å². The molecule has 1 amide bonds. The molecule has 0 saturated heterocycles. The van der Waals surface area contributed by atoms with E-state index in [0.29, 0.717) is 35.3 Å². The lowest BCUT2D eigenvalue weighted by Crippen LogP contribution is -2.22. The molecule has 51 heavy (non-hydrogen) atoms. The molecule has 3 aromatic rings. The second-order valence-corrected chi connectivity index (χ2v) is 13.7. The average Bonchev–Trinajstić information content (AvgIpc) is 3.55. The third-order valence-corrected chi connectivity index (χ3v) is 9.05. The van der Waals surface area contributed by atoms with Gasteiger partial charge in [-0.2, -0.15) is 19.5 Å². The molecule has 0 N–H and O–H groups in total. The van der Waals surface area contributed by atoms with Crippen LogP contribution in [-0.2, 0) is 50.6 Å². The minimum Gasteiger partial charge on any atom is -0.858 e. The number of rotatable bonds is 14. The number of aromatic nitrogens is 2. The van der Waals surface area contributed by atoms with Gasteiger partial charge in [-0.05, 0) is 42.3 Å². The molecule has 1 aliphatic heterocycles. The average molecular weight is 782 g/mol. The highest BCUT2D eigenvalue weighted by atomic mass is 32.2. The number of hydrazone groups is 1. The quantitative estimate of drug-likeness (QED) is 0.0300. The molecule has 0 fully saturated rings. The maximum absolute atomic E-state index is 13.4. The summed E-state index contributed by atoms with van der Waals surface area (Å²) in [4.78, 5) is 36.0. The number of allylic oxidation sites excluding steroid dienone is 4. The summed E-state index contributed by atoms with van der Waals surface area (Å²) < 4.78 is 101. The zero-order valence-corrected chi connectivity index (χ0v) is 28.6. The van der Waals surface area contributed by atoms with E-state index in [4.69, 9.17) is 0 Å². The minimum absolute atomic E-state index is 0.00574. The van der Waals surface area contributed by atoms with Crippen LogP contribution in [0.15, 0.2) is 86.1 Å². The Morgan fingerprint density at radius 3 is 2.25 bits per heavy atom. The van der Waals surface area contributed by atoms with Crippen LogP contribution in [0.3, 0.4) is 0 Å². The molecule has 0 spiro atoms. The highest BCUT2D eigenvalue weighted by molar-refractivity contribution is 7.94. The van der Waals surface area contributed by atoms with Gasteiger partial charge in [-0.15, -0.1) is 0 Å². The van der Waals surface area contributed by atoms with Crippen molar-refractivity contribution in [1.82, 2.24) is 9.78 Å². The Balaban J connectivity index is 1.71. The molecule has 24 heteroatoms. The Morgan fingerprint density at radius 2 is 1.67 bits per heavy atom. The normalized spacial score (nSPS) is 15.3. The molecule has 4 rings (SSSR count). The van der Waals surface area contributed by atoms with Gasteiger partial charge in [0.25, 0.3) is 5.91 Å². The van der Waals surface area contributed by atoms with E-state index in [1.54, 1.807) is 0 Å². The molecule has 1 unspecified atom stereocenters. The summed E-state index contributed by atoms with van der Waals surface area (Å²) in [6.45, 7) is 2.10. The molecule has 1 aromatic heterocycles. The summed E-state index contributed by atoms with van der Waals surface area (Å²) in [6.07, 6.45) is 5.77. The molecule has 0 bridgehead atoms. The van der Waals surface area contributed by atoms with E-state index >= 15 is 0 Å². The lowest BCUT2D eigenvalue weighted by molar-refractivity contribution is -0.777. The number of hydrogen-bond donors (Lipinski definition) is 0. The van der Waals surface area contributed by atoms with Crippen molar-refractivity contribution in [3.05, 3.63) is 77.5 Å². The molecule has 1 aliphatic rings. The van der Waals surface area contributed by atoms with Gasteiger partial charge in [-0.1, -0.05) is 24.3 Å². The fourth-order valence-corrected chi connectivity index (χ4v) is 6.13. The summed E-state index contributed by atoms with van der Waals surface area (Å²) in [5, 5.41) is 35.4. The topological polar surface area (TPSA) is 313 Å². The van der Waals surface area contributed by atoms with E-state index in [0.717, 1.165) is 44.2 Å². The van der Waals surface area contributed by atoms with Gasteiger partial charge < -0.3 is 28.2 Å². The van der Waals surface area contributed by atoms with Crippen molar-refractivity contribution < 1.29 is 73.0 Å². The molecule has 2 heterocycles. The van der Waals surface area contributed by atoms with Crippen molar-refractivity contribution in [2.45, 2.75) is 28.5 Å². The molecular weight excluding hydrogens is 765 g/mol. The lowest BCUT2D eigenvalue weighted by atomic mass is 10.1. The number of benzene rings is 2. The Labute approximate surface area is 294 Å². The Bertz CT molecular complexity index is 2310. The number of ketones is 2. The van der Waals surface area contributed by atoms with Crippen molar-refractivity contribution in [2.75, 3.05) is 5.01 Å². The van der Waals surface area contributed by atoms with Gasteiger partial charge in [0.05, 0.1) is 43.7 Å². The van der Waals surface area contributed by atoms with Crippen molar-refractivity contribution in [1.29, 1.82) is 0 Å². The van der Waals surface area contributed by atoms with Gasteiger partial charge in [0, 0.05) is 25.5 Å². The molecule has 20 nitrogen and oxygen atoms in total. The van der Waals surface area contributed by atoms with Crippen LogP contribution < -0.4 is 19.6 Å². The molecule has 1 atom stereocenters. The van der Waals surface area contributed by atoms with Crippen LogP contribution in [0.5, 0.6) is 11.6 Å². The molecular formula is C27H17N4O16S4-5. The van der Waals surface area contributed by atoms with Crippen molar-refractivity contribution in [3.63, 3.8) is 0 Å². The first-order valence-electron chi connectivity index (χ1n) is 13.3. The summed E-state index contributed by atoms with van der Waals surface area (Å²) in [7, 11) is -10.5. The standard InChI is InChI=1S/C27H22N4O16S4/c1-14(32)24-18(26(34)30(28-24)20-12-16(45-49(37)38)8-10-22(20)48-47-46-36)6-4-3-5-7-19-25(15(2)33)29-31(27(19)35)21-13-17(50(39,40)41)9-11-23(21)51(42,43)44/h3-13,35-36H,1-2H3,(H,37,38)(H,39,40,41)(H,42,43,44)/p-5/b4-3+,7-5+,18-6-. The first kappa shape index (κ1) is 38.9. The maximum Gasteiger partial charge on any atom is 0.281 e. The number of carbonyl (C=O) groups excluding carboxylic acids is 3. The summed E-state index contributed by atoms with van der Waals surface area (Å²) in [5.41, 5.74) is -2.69. The zero-order valence-electron chi connectivity index (χ0n) is 25.3. The Kier molecular flexibility index (Phi) is 11.9. The fraction of sp³-hybridized carbons (Fsp3) is 0.0741. The van der Waals surface area contributed by atoms with E-state index in [1.165, 1.54) is 18.2 Å². The van der Waals surface area contributed by atoms with Crippen molar-refractivity contribution in [2.24, 2.45) is 5.10 Å². The molecule has 270 valence electrons. The Hall–Kier alpha value is -4.89. The first-order chi connectivity index (χ1) is 23.8. The third kappa shape index (κ3) is 8.89. The van der Waals surface area contributed by atoms with Gasteiger partial charge in [-0.25, -0.2) is 25.7 Å². The number of anilines is 1. The van der Waals surface area contributed by atoms with Gasteiger partial charge in [-0.3, -0.25) is 19.4 Å². The second-order valence-electron chi connectivity index (χ2n) is 9.66. The monoisotopic (exact) mass is 781 g/mol. The van der Waals surface area contributed by atoms with E-state index in [1.807, 2.05) is 0 Å². The van der Waals surface area contributed by atoms with Crippen LogP contribution in [0, 0.1) is 0 Å². The van der Waals surface area contributed by atoms with Crippen LogP contribution in [0.4, 0.5) is 5.69 Å². The predicted molar refractivity (Wildman–Crippen MR) is 165 cm³/mol. The van der Waals surface area contributed by atoms with Crippen molar-refractivity contribution in [3.8, 4) is 17.3 Å². The summed E-state index contributed by atoms with van der Waals surface area (Å²) >= 11 is -2.68. The zero-order chi connectivity index (χ0) is 37.8.